The average molecular weight is 710 g/mol. The van der Waals surface area contributed by atoms with Gasteiger partial charge in [-0.3, -0.25) is 0 Å². The van der Waals surface area contributed by atoms with Crippen molar-refractivity contribution in [3.05, 3.63) is 137 Å². The Morgan fingerprint density at radius 2 is 0.979 bits per heavy atom. The molecule has 5 aromatic rings. The van der Waals surface area contributed by atoms with E-state index in [1.165, 1.54) is 68.3 Å². The number of fused-ring (bicyclic) bond motifs is 12. The van der Waals surface area contributed by atoms with Gasteiger partial charge in [0.1, 0.15) is 0 Å². The van der Waals surface area contributed by atoms with Crippen LogP contribution in [0.1, 0.15) is 95.7 Å². The summed E-state index contributed by atoms with van der Waals surface area (Å²) >= 11 is -3.23. The molecule has 1 heterocycles. The van der Waals surface area contributed by atoms with Gasteiger partial charge in [0, 0.05) is 0 Å². The second-order valence-corrected chi connectivity index (χ2v) is 30.0. The molecule has 2 unspecified atom stereocenters. The van der Waals surface area contributed by atoms with Gasteiger partial charge < -0.3 is 0 Å². The predicted molar refractivity (Wildman–Crippen MR) is 205 cm³/mol. The number of benzene rings is 5. The van der Waals surface area contributed by atoms with E-state index in [-0.39, 0.29) is 0 Å². The molecule has 3 aliphatic rings. The van der Waals surface area contributed by atoms with Gasteiger partial charge >= 0.3 is 290 Å². The van der Waals surface area contributed by atoms with E-state index in [2.05, 4.69) is 137 Å². The first-order chi connectivity index (χ1) is 23.0. The third-order valence-electron chi connectivity index (χ3n) is 12.6. The van der Waals surface area contributed by atoms with Crippen LogP contribution in [0, 0.1) is 0 Å². The van der Waals surface area contributed by atoms with E-state index in [4.69, 9.17) is 0 Å². The minimum atomic E-state index is -3.23. The molecule has 0 nitrogen and oxygen atoms in total. The van der Waals surface area contributed by atoms with Crippen molar-refractivity contribution in [2.45, 2.75) is 88.3 Å². The molecular weight excluding hydrogens is 660 g/mol. The van der Waals surface area contributed by atoms with Gasteiger partial charge in [-0.2, -0.15) is 0 Å². The van der Waals surface area contributed by atoms with E-state index < -0.39 is 28.3 Å². The summed E-state index contributed by atoms with van der Waals surface area (Å²) in [7, 11) is -2.51. The number of hydrogen-bond donors (Lipinski definition) is 0. The molecule has 2 aliphatic carbocycles. The van der Waals surface area contributed by atoms with Crippen LogP contribution in [-0.4, -0.2) is 8.07 Å². The van der Waals surface area contributed by atoms with Gasteiger partial charge in [-0.15, -0.1) is 0 Å². The number of hydrogen-bond acceptors (Lipinski definition) is 0. The van der Waals surface area contributed by atoms with Crippen molar-refractivity contribution in [1.82, 2.24) is 0 Å². The second-order valence-electron chi connectivity index (χ2n) is 14.8. The summed E-state index contributed by atoms with van der Waals surface area (Å²) in [4.78, 5) is 0. The first-order valence-corrected chi connectivity index (χ1v) is 27.4. The summed E-state index contributed by atoms with van der Waals surface area (Å²) in [5, 5.41) is 11.0. The van der Waals surface area contributed by atoms with E-state index in [0.717, 1.165) is 0 Å². The Balaban J connectivity index is 1.62. The Bertz CT molecular complexity index is 1940. The van der Waals surface area contributed by atoms with Crippen LogP contribution in [0.2, 0.25) is 14.8 Å². The standard InChI is InChI=1S/C37H32Si.2C4H9.Zr/c1-4-25-23-29-21-19-27-13-9-11-17-32(27)34(29)36(25)38(3,31-15-7-6-8-16-31)37-26(5-2)24-30-22-20-28-14-10-12-18-33(28)35(30)37;2*1-3-4-2;/h6-24H,4-5H2,1-3H3;2*1,3-4H2,2H3;. The molecule has 0 fully saturated rings. The zero-order valence-electron chi connectivity index (χ0n) is 29.1. The van der Waals surface area contributed by atoms with Gasteiger partial charge in [-0.1, -0.05) is 0 Å². The van der Waals surface area contributed by atoms with E-state index in [9.17, 15) is 0 Å². The first-order valence-electron chi connectivity index (χ1n) is 18.6. The van der Waals surface area contributed by atoms with E-state index in [0.29, 0.717) is 7.25 Å². The third kappa shape index (κ3) is 4.39. The topological polar surface area (TPSA) is 0 Å². The minimum absolute atomic E-state index is 0.656. The van der Waals surface area contributed by atoms with Gasteiger partial charge in [0.2, 0.25) is 0 Å². The fourth-order valence-electron chi connectivity index (χ4n) is 10.9. The van der Waals surface area contributed by atoms with Crippen LogP contribution in [0.4, 0.5) is 0 Å². The van der Waals surface area contributed by atoms with Crippen LogP contribution >= 0.6 is 0 Å². The molecule has 1 aliphatic heterocycles. The normalized spacial score (nSPS) is 22.5. The summed E-state index contributed by atoms with van der Waals surface area (Å²) in [6, 6.07) is 40.9. The Hall–Kier alpha value is -2.80. The van der Waals surface area contributed by atoms with Crippen molar-refractivity contribution in [1.29, 1.82) is 0 Å². The molecule has 5 aromatic carbocycles. The van der Waals surface area contributed by atoms with Gasteiger partial charge in [-0.05, 0) is 0 Å². The molecule has 47 heavy (non-hydrogen) atoms. The maximum absolute atomic E-state index is 3.23. The molecule has 0 spiro atoms. The summed E-state index contributed by atoms with van der Waals surface area (Å²) in [6.07, 6.45) is 7.70. The molecule has 0 radical (unpaired) electrons. The fourth-order valence-corrected chi connectivity index (χ4v) is 35.4. The van der Waals surface area contributed by atoms with Crippen molar-refractivity contribution in [2.75, 3.05) is 0 Å². The van der Waals surface area contributed by atoms with Crippen LogP contribution in [0.5, 0.6) is 0 Å². The molecule has 238 valence electrons. The van der Waals surface area contributed by atoms with Crippen molar-refractivity contribution in [2.24, 2.45) is 0 Å². The molecule has 0 saturated carbocycles. The van der Waals surface area contributed by atoms with Gasteiger partial charge in [0.05, 0.1) is 0 Å². The second kappa shape index (κ2) is 12.3. The van der Waals surface area contributed by atoms with Crippen LogP contribution in [0.15, 0.2) is 114 Å². The predicted octanol–water partition coefficient (Wildman–Crippen LogP) is 12.8. The van der Waals surface area contributed by atoms with Crippen molar-refractivity contribution < 1.29 is 20.3 Å². The summed E-state index contributed by atoms with van der Waals surface area (Å²) in [6.45, 7) is 12.7. The van der Waals surface area contributed by atoms with Crippen LogP contribution < -0.4 is 5.19 Å². The van der Waals surface area contributed by atoms with Gasteiger partial charge in [0.15, 0.2) is 0 Å². The molecule has 0 amide bonds. The zero-order chi connectivity index (χ0) is 32.3. The van der Waals surface area contributed by atoms with Gasteiger partial charge in [-0.25, -0.2) is 0 Å². The molecule has 8 rings (SSSR count). The van der Waals surface area contributed by atoms with Crippen molar-refractivity contribution >= 4 is 45.2 Å². The van der Waals surface area contributed by atoms with Crippen LogP contribution in [0.25, 0.3) is 31.9 Å². The Kier molecular flexibility index (Phi) is 8.21. The molecule has 0 N–H and O–H groups in total. The molecule has 0 saturated heterocycles. The Morgan fingerprint density at radius 1 is 0.532 bits per heavy atom. The molecule has 0 aromatic heterocycles. The fraction of sp³-hybridized carbons (Fsp3) is 0.333. The zero-order valence-corrected chi connectivity index (χ0v) is 32.6. The van der Waals surface area contributed by atoms with E-state index in [1.807, 2.05) is 11.1 Å². The molecular formula is C45H50SiZr. The molecule has 2 atom stereocenters. The molecule has 4 bridgehead atoms. The number of rotatable bonds is 9. The van der Waals surface area contributed by atoms with E-state index >= 15 is 0 Å². The van der Waals surface area contributed by atoms with Crippen molar-refractivity contribution in [3.8, 4) is 0 Å². The van der Waals surface area contributed by atoms with Crippen molar-refractivity contribution in [3.63, 3.8) is 0 Å². The van der Waals surface area contributed by atoms with E-state index in [1.54, 1.807) is 37.8 Å². The summed E-state index contributed by atoms with van der Waals surface area (Å²) < 4.78 is 4.30. The quantitative estimate of drug-likeness (QED) is 0.134. The summed E-state index contributed by atoms with van der Waals surface area (Å²) in [5.41, 5.74) is 10.5. The maximum atomic E-state index is 2.78. The van der Waals surface area contributed by atoms with Crippen LogP contribution in [-0.2, 0) is 20.3 Å². The SMILES string of the molecule is CCC[CH2][Zr]1([CH2]CCC)[CH]2C(CC)=C(c3c2ccc2ccccc32)[Si](C)(c2ccccc2)C2=C(CC)[CH]1c1ccc3ccccc3c12. The number of allylic oxidation sites excluding steroid dienone is 2. The third-order valence-corrected chi connectivity index (χ3v) is 32.5. The Labute approximate surface area is 288 Å². The average Bonchev–Trinajstić information content (AvgIpc) is 3.67. The Morgan fingerprint density at radius 3 is 1.43 bits per heavy atom. The monoisotopic (exact) mass is 708 g/mol. The first kappa shape index (κ1) is 31.5. The summed E-state index contributed by atoms with van der Waals surface area (Å²) in [5.74, 6) is 0. The van der Waals surface area contributed by atoms with Gasteiger partial charge in [0.25, 0.3) is 0 Å². The van der Waals surface area contributed by atoms with Crippen LogP contribution in [0.3, 0.4) is 0 Å². The molecule has 2 heteroatoms. The number of unbranched alkanes of at least 4 members (excludes halogenated alkanes) is 2.